The number of carbonyl (C=O) groups is 1. The lowest BCUT2D eigenvalue weighted by Crippen LogP contribution is -2.42. The van der Waals surface area contributed by atoms with E-state index in [4.69, 9.17) is 11.6 Å². The fourth-order valence-corrected chi connectivity index (χ4v) is 3.00. The van der Waals surface area contributed by atoms with Gasteiger partial charge in [-0.1, -0.05) is 18.5 Å². The van der Waals surface area contributed by atoms with Gasteiger partial charge in [0, 0.05) is 18.9 Å². The predicted octanol–water partition coefficient (Wildman–Crippen LogP) is 3.44. The third kappa shape index (κ3) is 5.49. The number of anilines is 1. The molecule has 0 aliphatic carbocycles. The maximum atomic E-state index is 14.0. The molecule has 1 amide bonds. The molecule has 0 bridgehead atoms. The van der Waals surface area contributed by atoms with E-state index >= 15 is 0 Å². The molecule has 3 rings (SSSR count). The van der Waals surface area contributed by atoms with Crippen molar-refractivity contribution in [3.63, 3.8) is 0 Å². The fourth-order valence-electron chi connectivity index (χ4n) is 2.85. The van der Waals surface area contributed by atoms with Gasteiger partial charge in [0.25, 0.3) is 5.91 Å². The van der Waals surface area contributed by atoms with E-state index in [0.717, 1.165) is 0 Å². The highest BCUT2D eigenvalue weighted by Gasteiger charge is 2.27. The van der Waals surface area contributed by atoms with Gasteiger partial charge in [-0.3, -0.25) is 9.78 Å². The number of halogens is 3. The van der Waals surface area contributed by atoms with Crippen LogP contribution in [0.5, 0.6) is 0 Å². The van der Waals surface area contributed by atoms with E-state index < -0.39 is 23.9 Å². The molecule has 3 aromatic rings. The van der Waals surface area contributed by atoms with Gasteiger partial charge in [0.2, 0.25) is 0 Å². The highest BCUT2D eigenvalue weighted by molar-refractivity contribution is 6.30. The number of pyridine rings is 1. The molecule has 0 saturated heterocycles. The average molecular weight is 467 g/mol. The Morgan fingerprint density at radius 3 is 2.69 bits per heavy atom. The number of fused-ring (bicyclic) bond motifs is 1. The van der Waals surface area contributed by atoms with Crippen LogP contribution in [-0.2, 0) is 0 Å². The van der Waals surface area contributed by atoms with Gasteiger partial charge >= 0.3 is 0 Å². The van der Waals surface area contributed by atoms with Crippen LogP contribution in [0.2, 0.25) is 5.02 Å². The zero-order chi connectivity index (χ0) is 23.5. The SMILES string of the molecule is CC[C@H](F)CNc1cc(-c2cnn3cc(Cl)cnc23)ncc1C(=O)NC[C@@H](F)C(C)(C)O. The Balaban J connectivity index is 1.92. The monoisotopic (exact) mass is 466 g/mol. The van der Waals surface area contributed by atoms with Crippen LogP contribution < -0.4 is 10.6 Å². The first-order chi connectivity index (χ1) is 15.1. The minimum absolute atomic E-state index is 0.0156. The zero-order valence-electron chi connectivity index (χ0n) is 17.9. The van der Waals surface area contributed by atoms with Crippen LogP contribution in [0.4, 0.5) is 14.5 Å². The number of carbonyl (C=O) groups excluding carboxylic acids is 1. The third-order valence-electron chi connectivity index (χ3n) is 4.91. The van der Waals surface area contributed by atoms with Crippen molar-refractivity contribution in [2.24, 2.45) is 0 Å². The van der Waals surface area contributed by atoms with Gasteiger partial charge in [0.15, 0.2) is 5.65 Å². The molecule has 32 heavy (non-hydrogen) atoms. The first-order valence-corrected chi connectivity index (χ1v) is 10.5. The van der Waals surface area contributed by atoms with E-state index in [9.17, 15) is 18.7 Å². The van der Waals surface area contributed by atoms with Gasteiger partial charge < -0.3 is 15.7 Å². The molecule has 0 saturated carbocycles. The highest BCUT2D eigenvalue weighted by atomic mass is 35.5. The number of amides is 1. The third-order valence-corrected chi connectivity index (χ3v) is 5.11. The molecule has 0 radical (unpaired) electrons. The van der Waals surface area contributed by atoms with Crippen molar-refractivity contribution in [1.29, 1.82) is 0 Å². The standard InChI is InChI=1S/C21H25ClF2N6O2/c1-4-13(23)7-25-17-5-16(14-9-29-30-11-12(22)6-27-19(14)30)26-8-15(17)20(31)28-10-18(24)21(2,3)32/h5-6,8-9,11,13,18,32H,4,7,10H2,1-3H3,(H,25,26)(H,28,31)/t13-,18+/m0/s1. The minimum atomic E-state index is -1.66. The highest BCUT2D eigenvalue weighted by Crippen LogP contribution is 2.27. The Hall–Kier alpha value is -2.85. The zero-order valence-corrected chi connectivity index (χ0v) is 18.7. The fraction of sp³-hybridized carbons (Fsp3) is 0.429. The van der Waals surface area contributed by atoms with E-state index in [1.54, 1.807) is 25.4 Å². The Kier molecular flexibility index (Phi) is 7.25. The van der Waals surface area contributed by atoms with E-state index in [1.807, 2.05) is 0 Å². The largest absolute Gasteiger partial charge is 0.387 e. The summed E-state index contributed by atoms with van der Waals surface area (Å²) in [7, 11) is 0. The predicted molar refractivity (Wildman–Crippen MR) is 118 cm³/mol. The van der Waals surface area contributed by atoms with E-state index in [0.29, 0.717) is 34.0 Å². The summed E-state index contributed by atoms with van der Waals surface area (Å²) in [5.74, 6) is -0.602. The van der Waals surface area contributed by atoms with Crippen molar-refractivity contribution in [1.82, 2.24) is 24.9 Å². The molecule has 0 aromatic carbocycles. The second-order valence-corrected chi connectivity index (χ2v) is 8.37. The first-order valence-electron chi connectivity index (χ1n) is 10.1. The van der Waals surface area contributed by atoms with Gasteiger partial charge in [0.1, 0.15) is 12.3 Å². The van der Waals surface area contributed by atoms with Gasteiger partial charge in [0.05, 0.1) is 52.1 Å². The summed E-state index contributed by atoms with van der Waals surface area (Å²) in [6.45, 7) is 3.94. The van der Waals surface area contributed by atoms with E-state index in [2.05, 4.69) is 25.7 Å². The lowest BCUT2D eigenvalue weighted by molar-refractivity contribution is -0.00177. The van der Waals surface area contributed by atoms with E-state index in [-0.39, 0.29) is 18.7 Å². The van der Waals surface area contributed by atoms with Gasteiger partial charge in [-0.2, -0.15) is 5.10 Å². The smallest absolute Gasteiger partial charge is 0.255 e. The van der Waals surface area contributed by atoms with Crippen LogP contribution in [-0.4, -0.2) is 61.6 Å². The summed E-state index contributed by atoms with van der Waals surface area (Å²) in [6.07, 6.45) is 3.48. The summed E-state index contributed by atoms with van der Waals surface area (Å²) in [4.78, 5) is 21.3. The lowest BCUT2D eigenvalue weighted by Gasteiger charge is -2.22. The molecule has 8 nitrogen and oxygen atoms in total. The van der Waals surface area contributed by atoms with E-state index in [1.165, 1.54) is 30.8 Å². The number of rotatable bonds is 9. The summed E-state index contributed by atoms with van der Waals surface area (Å²) >= 11 is 5.95. The Bertz CT molecular complexity index is 1100. The number of nitrogens with one attached hydrogen (secondary N) is 2. The van der Waals surface area contributed by atoms with Gasteiger partial charge in [-0.05, 0) is 26.3 Å². The van der Waals surface area contributed by atoms with Gasteiger partial charge in [-0.25, -0.2) is 18.3 Å². The lowest BCUT2D eigenvalue weighted by atomic mass is 10.0. The van der Waals surface area contributed by atoms with Crippen molar-refractivity contribution in [3.05, 3.63) is 41.4 Å². The summed E-state index contributed by atoms with van der Waals surface area (Å²) < 4.78 is 29.4. The quantitative estimate of drug-likeness (QED) is 0.446. The van der Waals surface area contributed by atoms with Crippen LogP contribution in [0.3, 0.4) is 0 Å². The number of aliphatic hydroxyl groups is 1. The Morgan fingerprint density at radius 1 is 1.25 bits per heavy atom. The van der Waals surface area contributed by atoms with Gasteiger partial charge in [-0.15, -0.1) is 0 Å². The number of hydrogen-bond donors (Lipinski definition) is 3. The van der Waals surface area contributed by atoms with Crippen molar-refractivity contribution in [2.45, 2.75) is 45.1 Å². The molecular formula is C21H25ClF2N6O2. The second-order valence-electron chi connectivity index (χ2n) is 7.93. The molecule has 0 spiro atoms. The Morgan fingerprint density at radius 2 is 2.00 bits per heavy atom. The molecule has 0 aliphatic rings. The molecule has 3 N–H and O–H groups in total. The molecule has 3 heterocycles. The molecule has 2 atom stereocenters. The molecule has 0 fully saturated rings. The molecule has 0 unspecified atom stereocenters. The molecule has 3 aromatic heterocycles. The molecule has 0 aliphatic heterocycles. The van der Waals surface area contributed by atoms with Crippen molar-refractivity contribution < 1.29 is 18.7 Å². The summed E-state index contributed by atoms with van der Waals surface area (Å²) in [6, 6.07) is 1.59. The summed E-state index contributed by atoms with van der Waals surface area (Å²) in [5.41, 5.74) is 0.407. The van der Waals surface area contributed by atoms with Crippen LogP contribution in [0.1, 0.15) is 37.6 Å². The number of nitrogens with zero attached hydrogens (tertiary/aromatic N) is 4. The molecule has 11 heteroatoms. The first kappa shape index (κ1) is 23.8. The number of aromatic nitrogens is 4. The van der Waals surface area contributed by atoms with Crippen LogP contribution in [0.25, 0.3) is 16.9 Å². The second kappa shape index (κ2) is 9.74. The van der Waals surface area contributed by atoms with Crippen LogP contribution in [0.15, 0.2) is 30.9 Å². The van der Waals surface area contributed by atoms with Crippen LogP contribution in [0, 0.1) is 0 Å². The van der Waals surface area contributed by atoms with Crippen molar-refractivity contribution in [3.8, 4) is 11.3 Å². The maximum Gasteiger partial charge on any atom is 0.255 e. The Labute approximate surface area is 189 Å². The number of alkyl halides is 2. The van der Waals surface area contributed by atoms with Crippen molar-refractivity contribution in [2.75, 3.05) is 18.4 Å². The average Bonchev–Trinajstić information content (AvgIpc) is 3.17. The molecular weight excluding hydrogens is 442 g/mol. The maximum absolute atomic E-state index is 14.0. The minimum Gasteiger partial charge on any atom is -0.387 e. The van der Waals surface area contributed by atoms with Crippen molar-refractivity contribution >= 4 is 28.8 Å². The normalized spacial score (nSPS) is 13.7. The van der Waals surface area contributed by atoms with Crippen LogP contribution >= 0.6 is 11.6 Å². The topological polar surface area (TPSA) is 104 Å². The summed E-state index contributed by atoms with van der Waals surface area (Å²) in [5, 5.41) is 19.7. The number of hydrogen-bond acceptors (Lipinski definition) is 6. The molecule has 172 valence electrons.